The fraction of sp³-hybridized carbons (Fsp3) is 0.167. The van der Waals surface area contributed by atoms with Gasteiger partial charge in [0.25, 0.3) is 0 Å². The van der Waals surface area contributed by atoms with E-state index in [1.807, 2.05) is 18.2 Å². The summed E-state index contributed by atoms with van der Waals surface area (Å²) in [4.78, 5) is 18.7. The standard InChI is InChI=1S/C41H37N.CO2/c1-3-4-5-7-16-33-23-28-35(29-24-33)42(34-26-21-31(2)22-27-34)41-39-19-12-10-17-36(39)38(37-18-11-13-20-40(37)41)30-25-32-14-8-6-9-15-32;2-1-3/h6,8-15,17-24,26-29H,3-5,7,16H2,1-2H3;. The first-order chi connectivity index (χ1) is 22.1. The Hall–Kier alpha value is -5.42. The molecule has 222 valence electrons. The van der Waals surface area contributed by atoms with E-state index in [0.29, 0.717) is 0 Å². The zero-order valence-electron chi connectivity index (χ0n) is 25.9. The van der Waals surface area contributed by atoms with Crippen molar-refractivity contribution in [2.45, 2.75) is 46.0 Å². The number of anilines is 3. The summed E-state index contributed by atoms with van der Waals surface area (Å²) in [6.07, 6.45) is 6.50. The summed E-state index contributed by atoms with van der Waals surface area (Å²) in [7, 11) is 0. The summed E-state index contributed by atoms with van der Waals surface area (Å²) in [6, 6.07) is 45.8. The fourth-order valence-corrected chi connectivity index (χ4v) is 5.81. The van der Waals surface area contributed by atoms with Gasteiger partial charge in [-0.1, -0.05) is 135 Å². The Morgan fingerprint density at radius 1 is 0.556 bits per heavy atom. The Labute approximate surface area is 266 Å². The summed E-state index contributed by atoms with van der Waals surface area (Å²) >= 11 is 0. The van der Waals surface area contributed by atoms with Crippen molar-refractivity contribution in [1.29, 1.82) is 0 Å². The van der Waals surface area contributed by atoms with Gasteiger partial charge in [0.05, 0.1) is 5.69 Å². The number of hydrogen-bond donors (Lipinski definition) is 0. The second-order valence-electron chi connectivity index (χ2n) is 11.2. The highest BCUT2D eigenvalue weighted by Crippen LogP contribution is 2.45. The van der Waals surface area contributed by atoms with Crippen LogP contribution in [0.15, 0.2) is 127 Å². The van der Waals surface area contributed by atoms with Crippen LogP contribution in [-0.2, 0) is 16.0 Å². The Balaban J connectivity index is 0.00000128. The third-order valence-electron chi connectivity index (χ3n) is 8.04. The molecule has 6 aromatic rings. The molecule has 0 amide bonds. The molecule has 0 bridgehead atoms. The van der Waals surface area contributed by atoms with Gasteiger partial charge >= 0.3 is 6.15 Å². The second-order valence-corrected chi connectivity index (χ2v) is 11.2. The van der Waals surface area contributed by atoms with Crippen molar-refractivity contribution < 1.29 is 9.59 Å². The molecule has 0 aliphatic carbocycles. The van der Waals surface area contributed by atoms with Crippen molar-refractivity contribution in [3.05, 3.63) is 150 Å². The van der Waals surface area contributed by atoms with Crippen molar-refractivity contribution in [2.24, 2.45) is 0 Å². The van der Waals surface area contributed by atoms with Crippen LogP contribution < -0.4 is 4.90 Å². The molecule has 0 saturated carbocycles. The number of rotatable bonds is 8. The maximum absolute atomic E-state index is 8.12. The van der Waals surface area contributed by atoms with E-state index < -0.39 is 0 Å². The zero-order chi connectivity index (χ0) is 31.4. The van der Waals surface area contributed by atoms with Gasteiger partial charge < -0.3 is 4.90 Å². The van der Waals surface area contributed by atoms with Gasteiger partial charge in [0.2, 0.25) is 0 Å². The van der Waals surface area contributed by atoms with E-state index in [0.717, 1.165) is 28.9 Å². The molecule has 0 aliphatic rings. The third kappa shape index (κ3) is 7.39. The van der Waals surface area contributed by atoms with Gasteiger partial charge in [0, 0.05) is 44.0 Å². The summed E-state index contributed by atoms with van der Waals surface area (Å²) in [6.45, 7) is 4.41. The van der Waals surface area contributed by atoms with Crippen LogP contribution in [0.2, 0.25) is 0 Å². The summed E-state index contributed by atoms with van der Waals surface area (Å²) < 4.78 is 0. The van der Waals surface area contributed by atoms with Crippen LogP contribution in [0.1, 0.15) is 54.9 Å². The molecule has 0 heterocycles. The number of aryl methyl sites for hydroxylation is 2. The van der Waals surface area contributed by atoms with Crippen LogP contribution >= 0.6 is 0 Å². The van der Waals surface area contributed by atoms with Gasteiger partial charge in [-0.2, -0.15) is 9.59 Å². The number of fused-ring (bicyclic) bond motifs is 2. The highest BCUT2D eigenvalue weighted by atomic mass is 16.2. The number of unbranched alkanes of at least 4 members (excludes halogenated alkanes) is 3. The highest BCUT2D eigenvalue weighted by molar-refractivity contribution is 6.17. The summed E-state index contributed by atoms with van der Waals surface area (Å²) in [5.74, 6) is 7.00. The molecule has 0 aromatic heterocycles. The number of benzene rings is 6. The van der Waals surface area contributed by atoms with Crippen molar-refractivity contribution >= 4 is 44.8 Å². The molecule has 0 spiro atoms. The quantitative estimate of drug-likeness (QED) is 0.101. The first kappa shape index (κ1) is 31.0. The highest BCUT2D eigenvalue weighted by Gasteiger charge is 2.21. The van der Waals surface area contributed by atoms with E-state index in [4.69, 9.17) is 9.59 Å². The van der Waals surface area contributed by atoms with E-state index in [1.165, 1.54) is 64.0 Å². The molecule has 6 aromatic carbocycles. The minimum absolute atomic E-state index is 0.250. The molecule has 0 fully saturated rings. The van der Waals surface area contributed by atoms with Gasteiger partial charge in [-0.05, 0) is 61.7 Å². The van der Waals surface area contributed by atoms with Gasteiger partial charge in [-0.3, -0.25) is 0 Å². The normalized spacial score (nSPS) is 10.4. The Morgan fingerprint density at radius 3 is 1.62 bits per heavy atom. The molecular weight excluding hydrogens is 550 g/mol. The molecule has 0 radical (unpaired) electrons. The molecule has 0 saturated heterocycles. The molecule has 3 nitrogen and oxygen atoms in total. The van der Waals surface area contributed by atoms with Gasteiger partial charge in [-0.15, -0.1) is 0 Å². The number of hydrogen-bond acceptors (Lipinski definition) is 3. The van der Waals surface area contributed by atoms with Gasteiger partial charge in [0.1, 0.15) is 0 Å². The molecule has 0 N–H and O–H groups in total. The molecule has 0 atom stereocenters. The lowest BCUT2D eigenvalue weighted by Gasteiger charge is -2.29. The summed E-state index contributed by atoms with van der Waals surface area (Å²) in [5.41, 5.74) is 8.24. The van der Waals surface area contributed by atoms with E-state index in [1.54, 1.807) is 0 Å². The molecule has 3 heteroatoms. The van der Waals surface area contributed by atoms with Crippen LogP contribution in [0.25, 0.3) is 21.5 Å². The van der Waals surface area contributed by atoms with E-state index in [9.17, 15) is 0 Å². The number of carbonyl (C=O) groups excluding carboxylic acids is 2. The predicted molar refractivity (Wildman–Crippen MR) is 186 cm³/mol. The van der Waals surface area contributed by atoms with Gasteiger partial charge in [0.15, 0.2) is 0 Å². The molecule has 0 unspecified atom stereocenters. The molecule has 45 heavy (non-hydrogen) atoms. The van der Waals surface area contributed by atoms with Crippen molar-refractivity contribution in [2.75, 3.05) is 4.90 Å². The molecular formula is C42H37NO2. The maximum Gasteiger partial charge on any atom is 0.373 e. The van der Waals surface area contributed by atoms with Crippen LogP contribution in [-0.4, -0.2) is 6.15 Å². The van der Waals surface area contributed by atoms with Crippen molar-refractivity contribution in [1.82, 2.24) is 0 Å². The SMILES string of the molecule is CCCCCCc1ccc(N(c2ccc(C)cc2)c2c3ccccc3c(C#Cc3ccccc3)c3ccccc23)cc1.O=C=O. The van der Waals surface area contributed by atoms with Crippen LogP contribution in [0.4, 0.5) is 17.1 Å². The topological polar surface area (TPSA) is 37.4 Å². The predicted octanol–water partition coefficient (Wildman–Crippen LogP) is 10.7. The lowest BCUT2D eigenvalue weighted by molar-refractivity contribution is -0.191. The lowest BCUT2D eigenvalue weighted by atomic mass is 9.93. The largest absolute Gasteiger partial charge is 0.373 e. The van der Waals surface area contributed by atoms with Crippen LogP contribution in [0, 0.1) is 18.8 Å². The first-order valence-corrected chi connectivity index (χ1v) is 15.6. The van der Waals surface area contributed by atoms with E-state index in [2.05, 4.69) is 140 Å². The minimum atomic E-state index is 0.250. The maximum atomic E-state index is 8.12. The van der Waals surface area contributed by atoms with Crippen LogP contribution in [0.3, 0.4) is 0 Å². The monoisotopic (exact) mass is 587 g/mol. The Morgan fingerprint density at radius 2 is 1.07 bits per heavy atom. The smallest absolute Gasteiger partial charge is 0.309 e. The van der Waals surface area contributed by atoms with Gasteiger partial charge in [-0.25, -0.2) is 0 Å². The molecule has 0 aliphatic heterocycles. The second kappa shape index (κ2) is 15.3. The Bertz CT molecular complexity index is 1900. The minimum Gasteiger partial charge on any atom is -0.309 e. The Kier molecular flexibility index (Phi) is 10.6. The van der Waals surface area contributed by atoms with E-state index >= 15 is 0 Å². The lowest BCUT2D eigenvalue weighted by Crippen LogP contribution is -2.11. The first-order valence-electron chi connectivity index (χ1n) is 15.6. The van der Waals surface area contributed by atoms with Crippen molar-refractivity contribution in [3.8, 4) is 11.8 Å². The number of nitrogens with zero attached hydrogens (tertiary/aromatic N) is 1. The van der Waals surface area contributed by atoms with Crippen molar-refractivity contribution in [3.63, 3.8) is 0 Å². The average molecular weight is 588 g/mol. The average Bonchev–Trinajstić information content (AvgIpc) is 3.08. The van der Waals surface area contributed by atoms with Crippen LogP contribution in [0.5, 0.6) is 0 Å². The summed E-state index contributed by atoms with van der Waals surface area (Å²) in [5, 5.41) is 4.72. The zero-order valence-corrected chi connectivity index (χ0v) is 25.9. The molecule has 6 rings (SSSR count). The van der Waals surface area contributed by atoms with E-state index in [-0.39, 0.29) is 6.15 Å². The fourth-order valence-electron chi connectivity index (χ4n) is 5.81. The third-order valence-corrected chi connectivity index (χ3v) is 8.04.